The maximum absolute atomic E-state index is 13.3. The second-order valence-electron chi connectivity index (χ2n) is 10.4. The number of likely N-dealkylation sites (tertiary alicyclic amines) is 1. The number of carbonyl (C=O) groups excluding carboxylic acids is 2. The maximum atomic E-state index is 13.3. The zero-order valence-corrected chi connectivity index (χ0v) is 21.3. The topological polar surface area (TPSA) is 105 Å². The van der Waals surface area contributed by atoms with Gasteiger partial charge in [-0.1, -0.05) is 18.2 Å². The van der Waals surface area contributed by atoms with Crippen molar-refractivity contribution in [2.24, 2.45) is 5.92 Å². The Bertz CT molecular complexity index is 1440. The first-order chi connectivity index (χ1) is 17.8. The summed E-state index contributed by atoms with van der Waals surface area (Å²) in [6, 6.07) is 13.7. The van der Waals surface area contributed by atoms with Crippen molar-refractivity contribution < 1.29 is 9.59 Å². The van der Waals surface area contributed by atoms with Gasteiger partial charge >= 0.3 is 11.7 Å². The molecule has 1 saturated carbocycles. The lowest BCUT2D eigenvalue weighted by Gasteiger charge is -2.33. The first-order valence-electron chi connectivity index (χ1n) is 13.0. The first-order valence-corrected chi connectivity index (χ1v) is 13.0. The van der Waals surface area contributed by atoms with Crippen LogP contribution in [0.4, 0.5) is 10.5 Å². The van der Waals surface area contributed by atoms with Crippen LogP contribution in [-0.2, 0) is 6.54 Å². The van der Waals surface area contributed by atoms with Gasteiger partial charge in [0, 0.05) is 43.0 Å². The van der Waals surface area contributed by atoms with E-state index < -0.39 is 0 Å². The molecular formula is C28H33N5O4. The van der Waals surface area contributed by atoms with E-state index in [0.29, 0.717) is 42.0 Å². The largest absolute Gasteiger partial charge is 0.348 e. The van der Waals surface area contributed by atoms with Gasteiger partial charge in [0.1, 0.15) is 0 Å². The number of anilines is 1. The number of rotatable bonds is 6. The second-order valence-corrected chi connectivity index (χ2v) is 10.4. The number of benzene rings is 2. The van der Waals surface area contributed by atoms with Gasteiger partial charge in [0.05, 0.1) is 10.9 Å². The van der Waals surface area contributed by atoms with E-state index in [-0.39, 0.29) is 35.3 Å². The summed E-state index contributed by atoms with van der Waals surface area (Å²) >= 11 is 0. The highest BCUT2D eigenvalue weighted by atomic mass is 16.2. The minimum absolute atomic E-state index is 0.129. The molecule has 194 valence electrons. The molecule has 0 spiro atoms. The number of hydrogen-bond donors (Lipinski definition) is 2. The van der Waals surface area contributed by atoms with Crippen LogP contribution in [0.2, 0.25) is 0 Å². The minimum atomic E-state index is -0.347. The Hall–Kier alpha value is -3.88. The summed E-state index contributed by atoms with van der Waals surface area (Å²) in [5.41, 5.74) is 0.979. The molecule has 37 heavy (non-hydrogen) atoms. The molecule has 5 rings (SSSR count). The van der Waals surface area contributed by atoms with Gasteiger partial charge in [-0.05, 0) is 75.8 Å². The highest BCUT2D eigenvalue weighted by molar-refractivity contribution is 5.98. The van der Waals surface area contributed by atoms with E-state index in [1.165, 1.54) is 4.57 Å². The van der Waals surface area contributed by atoms with Crippen LogP contribution in [0.3, 0.4) is 0 Å². The predicted octanol–water partition coefficient (Wildman–Crippen LogP) is 3.58. The third-order valence-electron chi connectivity index (χ3n) is 7.15. The van der Waals surface area contributed by atoms with Crippen molar-refractivity contribution in [3.63, 3.8) is 0 Å². The second kappa shape index (κ2) is 10.2. The molecule has 1 saturated heterocycles. The molecule has 0 bridgehead atoms. The molecule has 9 nitrogen and oxygen atoms in total. The Morgan fingerprint density at radius 3 is 2.49 bits per heavy atom. The Balaban J connectivity index is 1.35. The molecule has 1 aliphatic carbocycles. The lowest BCUT2D eigenvalue weighted by Crippen LogP contribution is -2.50. The fourth-order valence-electron chi connectivity index (χ4n) is 5.01. The normalized spacial score (nSPS) is 17.7. The number of fused-ring (bicyclic) bond motifs is 1. The Morgan fingerprint density at radius 1 is 1.03 bits per heavy atom. The molecule has 2 heterocycles. The maximum Gasteiger partial charge on any atom is 0.331 e. The van der Waals surface area contributed by atoms with E-state index in [1.54, 1.807) is 27.7 Å². The van der Waals surface area contributed by atoms with Gasteiger partial charge < -0.3 is 15.5 Å². The number of hydrogen-bond acceptors (Lipinski definition) is 4. The summed E-state index contributed by atoms with van der Waals surface area (Å²) in [4.78, 5) is 54.0. The highest BCUT2D eigenvalue weighted by Gasteiger charge is 2.27. The molecule has 1 atom stereocenters. The molecule has 2 aliphatic rings. The van der Waals surface area contributed by atoms with Gasteiger partial charge in [-0.3, -0.25) is 18.7 Å². The molecule has 2 N–H and O–H groups in total. The lowest BCUT2D eigenvalue weighted by molar-refractivity contribution is 0.0913. The fraction of sp³-hybridized carbons (Fsp3) is 0.429. The van der Waals surface area contributed by atoms with Crippen molar-refractivity contribution in [2.75, 3.05) is 18.4 Å². The number of para-hydroxylation sites is 1. The Morgan fingerprint density at radius 2 is 1.78 bits per heavy atom. The van der Waals surface area contributed by atoms with Crippen molar-refractivity contribution in [1.82, 2.24) is 19.4 Å². The fourth-order valence-corrected chi connectivity index (χ4v) is 5.01. The number of nitrogens with zero attached hydrogens (tertiary/aromatic N) is 3. The van der Waals surface area contributed by atoms with Gasteiger partial charge in [-0.25, -0.2) is 9.59 Å². The number of piperidine rings is 1. The van der Waals surface area contributed by atoms with Gasteiger partial charge in [0.15, 0.2) is 0 Å². The van der Waals surface area contributed by atoms with E-state index >= 15 is 0 Å². The number of amides is 3. The summed E-state index contributed by atoms with van der Waals surface area (Å²) in [5.74, 6) is 0.0657. The molecule has 3 aromatic rings. The van der Waals surface area contributed by atoms with Crippen LogP contribution >= 0.6 is 0 Å². The number of nitrogens with one attached hydrogen (secondary N) is 2. The van der Waals surface area contributed by atoms with Crippen LogP contribution < -0.4 is 21.9 Å². The van der Waals surface area contributed by atoms with Gasteiger partial charge in [0.2, 0.25) is 0 Å². The minimum Gasteiger partial charge on any atom is -0.348 e. The third kappa shape index (κ3) is 5.30. The molecule has 3 amide bonds. The van der Waals surface area contributed by atoms with E-state index in [0.717, 1.165) is 31.4 Å². The molecule has 0 radical (unpaired) electrons. The zero-order chi connectivity index (χ0) is 26.1. The van der Waals surface area contributed by atoms with Gasteiger partial charge in [-0.15, -0.1) is 0 Å². The van der Waals surface area contributed by atoms with Gasteiger partial charge in [0.25, 0.3) is 11.5 Å². The molecule has 1 unspecified atom stereocenters. The molecule has 2 fully saturated rings. The molecule has 1 aliphatic heterocycles. The number of aromatic nitrogens is 2. The van der Waals surface area contributed by atoms with Crippen molar-refractivity contribution >= 4 is 28.5 Å². The van der Waals surface area contributed by atoms with E-state index in [2.05, 4.69) is 10.6 Å². The number of carbonyl (C=O) groups is 2. The van der Waals surface area contributed by atoms with Crippen LogP contribution in [0.15, 0.2) is 58.1 Å². The predicted molar refractivity (Wildman–Crippen MR) is 143 cm³/mol. The lowest BCUT2D eigenvalue weighted by atomic mass is 10.0. The Kier molecular flexibility index (Phi) is 6.86. The quantitative estimate of drug-likeness (QED) is 0.536. The summed E-state index contributed by atoms with van der Waals surface area (Å²) < 4.78 is 2.96. The van der Waals surface area contributed by atoms with Crippen molar-refractivity contribution in [3.8, 4) is 0 Å². The van der Waals surface area contributed by atoms with E-state index in [1.807, 2.05) is 44.2 Å². The molecule has 1 aromatic heterocycles. The average molecular weight is 504 g/mol. The van der Waals surface area contributed by atoms with Crippen LogP contribution in [0.25, 0.3) is 10.9 Å². The van der Waals surface area contributed by atoms with Crippen molar-refractivity contribution in [1.29, 1.82) is 0 Å². The standard InChI is InChI=1S/C28H33N5O4/c1-18(2)33-24-13-12-20(15-23(24)26(35)32(28(33)37)16-19-10-11-19)25(34)29-22-9-6-14-31(17-22)27(36)30-21-7-4-3-5-8-21/h3-5,7-8,12-13,15,18-19,22H,6,9-11,14,16-17H2,1-2H3,(H,29,34)(H,30,36). The first kappa shape index (κ1) is 24.8. The van der Waals surface area contributed by atoms with Crippen LogP contribution in [0.1, 0.15) is 55.9 Å². The SMILES string of the molecule is CC(C)n1c(=O)n(CC2CC2)c(=O)c2cc(C(=O)NC3CCCN(C(=O)Nc4ccccc4)C3)ccc21. The Labute approximate surface area is 215 Å². The van der Waals surface area contributed by atoms with Crippen LogP contribution in [0.5, 0.6) is 0 Å². The number of urea groups is 1. The molecular weight excluding hydrogens is 470 g/mol. The summed E-state index contributed by atoms with van der Waals surface area (Å²) in [5, 5.41) is 6.30. The summed E-state index contributed by atoms with van der Waals surface area (Å²) in [6.07, 6.45) is 3.58. The van der Waals surface area contributed by atoms with E-state index in [9.17, 15) is 19.2 Å². The average Bonchev–Trinajstić information content (AvgIpc) is 3.71. The van der Waals surface area contributed by atoms with Crippen LogP contribution in [0, 0.1) is 5.92 Å². The monoisotopic (exact) mass is 503 g/mol. The van der Waals surface area contributed by atoms with Crippen molar-refractivity contribution in [3.05, 3.63) is 74.9 Å². The zero-order valence-electron chi connectivity index (χ0n) is 21.3. The summed E-state index contributed by atoms with van der Waals surface area (Å²) in [6.45, 7) is 5.26. The van der Waals surface area contributed by atoms with Gasteiger partial charge in [-0.2, -0.15) is 0 Å². The molecule has 9 heteroatoms. The highest BCUT2D eigenvalue weighted by Crippen LogP contribution is 2.30. The van der Waals surface area contributed by atoms with E-state index in [4.69, 9.17) is 0 Å². The van der Waals surface area contributed by atoms with Crippen LogP contribution in [-0.4, -0.2) is 45.1 Å². The summed E-state index contributed by atoms with van der Waals surface area (Å²) in [7, 11) is 0. The van der Waals surface area contributed by atoms with Crippen molar-refractivity contribution in [2.45, 2.75) is 58.2 Å². The third-order valence-corrected chi connectivity index (χ3v) is 7.15. The smallest absolute Gasteiger partial charge is 0.331 e. The molecule has 2 aromatic carbocycles.